The Morgan fingerprint density at radius 1 is 1.29 bits per heavy atom. The molecule has 0 bridgehead atoms. The number of esters is 1. The van der Waals surface area contributed by atoms with Crippen LogP contribution in [0.5, 0.6) is 0 Å². The molecule has 0 saturated heterocycles. The van der Waals surface area contributed by atoms with Gasteiger partial charge in [-0.15, -0.1) is 0 Å². The summed E-state index contributed by atoms with van der Waals surface area (Å²) in [5.41, 5.74) is 1.44. The maximum atomic E-state index is 11.9. The van der Waals surface area contributed by atoms with E-state index in [0.717, 1.165) is 15.6 Å². The number of carbonyl (C=O) groups is 1. The average Bonchev–Trinajstić information content (AvgIpc) is 3.17. The molecule has 0 aliphatic heterocycles. The molecule has 0 aliphatic carbocycles. The average molecular weight is 299 g/mol. The Balaban J connectivity index is 1.94. The van der Waals surface area contributed by atoms with Gasteiger partial charge in [0.2, 0.25) is 0 Å². The molecule has 6 heteroatoms. The summed E-state index contributed by atoms with van der Waals surface area (Å²) in [6.45, 7) is 2.11. The van der Waals surface area contributed by atoms with Crippen molar-refractivity contribution in [3.8, 4) is 15.6 Å². The number of ether oxygens (including phenoxy) is 1. The fourth-order valence-corrected chi connectivity index (χ4v) is 2.81. The number of benzene rings is 1. The second-order valence-electron chi connectivity index (χ2n) is 4.22. The second kappa shape index (κ2) is 5.88. The van der Waals surface area contributed by atoms with E-state index in [4.69, 9.17) is 4.74 Å². The minimum Gasteiger partial charge on any atom is -0.461 e. The highest BCUT2D eigenvalue weighted by molar-refractivity contribution is 7.17. The van der Waals surface area contributed by atoms with Gasteiger partial charge in [-0.25, -0.2) is 14.5 Å². The molecule has 0 spiro atoms. The summed E-state index contributed by atoms with van der Waals surface area (Å²) in [5.74, 6) is -0.385. The quantitative estimate of drug-likeness (QED) is 0.694. The van der Waals surface area contributed by atoms with Gasteiger partial charge >= 0.3 is 5.97 Å². The third-order valence-corrected chi connectivity index (χ3v) is 3.87. The summed E-state index contributed by atoms with van der Waals surface area (Å²) < 4.78 is 6.58. The first-order valence-electron chi connectivity index (χ1n) is 6.52. The molecule has 2 aromatic heterocycles. The summed E-state index contributed by atoms with van der Waals surface area (Å²) in [7, 11) is 0. The Bertz CT molecular complexity index is 749. The molecule has 3 rings (SSSR count). The van der Waals surface area contributed by atoms with Gasteiger partial charge in [0.1, 0.15) is 10.0 Å². The SMILES string of the molecule is CCOC(=O)c1ccnn1-c1cnc(-c2ccccc2)s1. The highest BCUT2D eigenvalue weighted by Crippen LogP contribution is 2.27. The van der Waals surface area contributed by atoms with Crippen LogP contribution in [0.15, 0.2) is 48.8 Å². The van der Waals surface area contributed by atoms with Crippen LogP contribution >= 0.6 is 11.3 Å². The Hall–Kier alpha value is -2.47. The summed E-state index contributed by atoms with van der Waals surface area (Å²) in [4.78, 5) is 16.3. The monoisotopic (exact) mass is 299 g/mol. The fourth-order valence-electron chi connectivity index (χ4n) is 1.92. The van der Waals surface area contributed by atoms with Crippen LogP contribution in [0.1, 0.15) is 17.4 Å². The standard InChI is InChI=1S/C15H13N3O2S/c1-2-20-15(19)12-8-9-17-18(12)13-10-16-14(21-13)11-6-4-3-5-7-11/h3-10H,2H2,1H3. The van der Waals surface area contributed by atoms with Crippen molar-refractivity contribution in [3.63, 3.8) is 0 Å². The van der Waals surface area contributed by atoms with E-state index in [1.54, 1.807) is 30.1 Å². The number of thiazole rings is 1. The van der Waals surface area contributed by atoms with Gasteiger partial charge in [-0.1, -0.05) is 41.7 Å². The minimum atomic E-state index is -0.385. The molecule has 21 heavy (non-hydrogen) atoms. The summed E-state index contributed by atoms with van der Waals surface area (Å²) in [5, 5.41) is 5.85. The van der Waals surface area contributed by atoms with Crippen LogP contribution in [0.2, 0.25) is 0 Å². The van der Waals surface area contributed by atoms with Crippen molar-refractivity contribution in [1.82, 2.24) is 14.8 Å². The molecule has 5 nitrogen and oxygen atoms in total. The number of hydrogen-bond acceptors (Lipinski definition) is 5. The van der Waals surface area contributed by atoms with E-state index in [1.807, 2.05) is 30.3 Å². The first-order valence-corrected chi connectivity index (χ1v) is 7.34. The third-order valence-electron chi connectivity index (χ3n) is 2.85. The Morgan fingerprint density at radius 2 is 2.10 bits per heavy atom. The molecule has 0 atom stereocenters. The maximum Gasteiger partial charge on any atom is 0.357 e. The molecule has 0 aliphatic rings. The lowest BCUT2D eigenvalue weighted by molar-refractivity contribution is 0.0516. The molecule has 0 unspecified atom stereocenters. The van der Waals surface area contributed by atoms with Crippen LogP contribution in [0.25, 0.3) is 15.6 Å². The smallest absolute Gasteiger partial charge is 0.357 e. The largest absolute Gasteiger partial charge is 0.461 e. The summed E-state index contributed by atoms with van der Waals surface area (Å²) in [6.07, 6.45) is 3.29. The van der Waals surface area contributed by atoms with Crippen LogP contribution in [-0.4, -0.2) is 27.3 Å². The molecule has 1 aromatic carbocycles. The lowest BCUT2D eigenvalue weighted by atomic mass is 10.2. The van der Waals surface area contributed by atoms with Crippen molar-refractivity contribution in [2.45, 2.75) is 6.92 Å². The van der Waals surface area contributed by atoms with E-state index in [9.17, 15) is 4.79 Å². The molecule has 0 fully saturated rings. The van der Waals surface area contributed by atoms with E-state index < -0.39 is 0 Å². The lowest BCUT2D eigenvalue weighted by Gasteiger charge is -2.03. The predicted molar refractivity (Wildman–Crippen MR) is 80.6 cm³/mol. The zero-order chi connectivity index (χ0) is 14.7. The van der Waals surface area contributed by atoms with Gasteiger partial charge < -0.3 is 4.74 Å². The van der Waals surface area contributed by atoms with Crippen molar-refractivity contribution in [2.75, 3.05) is 6.61 Å². The van der Waals surface area contributed by atoms with Gasteiger partial charge in [0.15, 0.2) is 5.69 Å². The molecule has 0 N–H and O–H groups in total. The molecule has 106 valence electrons. The van der Waals surface area contributed by atoms with Crippen LogP contribution < -0.4 is 0 Å². The Labute approximate surface area is 125 Å². The minimum absolute atomic E-state index is 0.335. The van der Waals surface area contributed by atoms with Crippen molar-refractivity contribution >= 4 is 17.3 Å². The van der Waals surface area contributed by atoms with Crippen molar-refractivity contribution < 1.29 is 9.53 Å². The first-order chi connectivity index (χ1) is 10.3. The first kappa shape index (κ1) is 13.5. The highest BCUT2D eigenvalue weighted by Gasteiger charge is 2.16. The zero-order valence-electron chi connectivity index (χ0n) is 11.4. The third kappa shape index (κ3) is 2.71. The summed E-state index contributed by atoms with van der Waals surface area (Å²) in [6, 6.07) is 11.5. The Morgan fingerprint density at radius 3 is 2.86 bits per heavy atom. The molecule has 3 aromatic rings. The zero-order valence-corrected chi connectivity index (χ0v) is 12.2. The number of aromatic nitrogens is 3. The van der Waals surface area contributed by atoms with Gasteiger partial charge in [0.25, 0.3) is 0 Å². The van der Waals surface area contributed by atoms with Gasteiger partial charge in [-0.3, -0.25) is 0 Å². The van der Waals surface area contributed by atoms with Crippen LogP contribution in [-0.2, 0) is 4.74 Å². The fraction of sp³-hybridized carbons (Fsp3) is 0.133. The molecule has 2 heterocycles. The molecular weight excluding hydrogens is 286 g/mol. The van der Waals surface area contributed by atoms with Gasteiger partial charge in [-0.2, -0.15) is 5.10 Å². The predicted octanol–water partition coefficient (Wildman–Crippen LogP) is 3.17. The van der Waals surface area contributed by atoms with Crippen LogP contribution in [0.4, 0.5) is 0 Å². The maximum absolute atomic E-state index is 11.9. The van der Waals surface area contributed by atoms with E-state index in [-0.39, 0.29) is 5.97 Å². The number of rotatable bonds is 4. The normalized spacial score (nSPS) is 10.5. The van der Waals surface area contributed by atoms with Gasteiger partial charge in [0, 0.05) is 5.56 Å². The molecule has 0 saturated carbocycles. The molecule has 0 radical (unpaired) electrons. The lowest BCUT2D eigenvalue weighted by Crippen LogP contribution is -2.11. The van der Waals surface area contributed by atoms with Crippen LogP contribution in [0.3, 0.4) is 0 Å². The van der Waals surface area contributed by atoms with Crippen molar-refractivity contribution in [2.24, 2.45) is 0 Å². The van der Waals surface area contributed by atoms with Crippen LogP contribution in [0, 0.1) is 0 Å². The molecular formula is C15H13N3O2S. The second-order valence-corrected chi connectivity index (χ2v) is 5.23. The number of nitrogens with zero attached hydrogens (tertiary/aromatic N) is 3. The van der Waals surface area contributed by atoms with E-state index in [1.165, 1.54) is 11.3 Å². The highest BCUT2D eigenvalue weighted by atomic mass is 32.1. The van der Waals surface area contributed by atoms with E-state index >= 15 is 0 Å². The number of hydrogen-bond donors (Lipinski definition) is 0. The van der Waals surface area contributed by atoms with Crippen molar-refractivity contribution in [3.05, 3.63) is 54.5 Å². The van der Waals surface area contributed by atoms with Gasteiger partial charge in [-0.05, 0) is 13.0 Å². The van der Waals surface area contributed by atoms with E-state index in [0.29, 0.717) is 12.3 Å². The van der Waals surface area contributed by atoms with E-state index in [2.05, 4.69) is 10.1 Å². The topological polar surface area (TPSA) is 57.0 Å². The van der Waals surface area contributed by atoms with Crippen molar-refractivity contribution in [1.29, 1.82) is 0 Å². The number of carbonyl (C=O) groups excluding carboxylic acids is 1. The Kier molecular flexibility index (Phi) is 3.79. The van der Waals surface area contributed by atoms with Gasteiger partial charge in [0.05, 0.1) is 19.0 Å². The molecule has 0 amide bonds. The summed E-state index contributed by atoms with van der Waals surface area (Å²) >= 11 is 1.47.